The maximum absolute atomic E-state index is 15.2. The van der Waals surface area contributed by atoms with Crippen molar-refractivity contribution in [1.29, 1.82) is 0 Å². The molecule has 1 aromatic rings. The maximum Gasteiger partial charge on any atom is 0.258 e. The number of aliphatic hydroxyl groups is 1. The molecule has 0 radical (unpaired) electrons. The van der Waals surface area contributed by atoms with Gasteiger partial charge in [-0.25, -0.2) is 4.39 Å². The van der Waals surface area contributed by atoms with Crippen LogP contribution in [0.4, 0.5) is 10.1 Å². The molecule has 3 atom stereocenters. The Labute approximate surface area is 178 Å². The van der Waals surface area contributed by atoms with Crippen LogP contribution in [0, 0.1) is 5.92 Å². The molecule has 1 aromatic carbocycles. The number of carbonyl (C=O) groups is 1. The number of benzene rings is 1. The number of allylic oxidation sites excluding steroid dienone is 4. The zero-order chi connectivity index (χ0) is 21.6. The highest BCUT2D eigenvalue weighted by Gasteiger charge is 2.25. The van der Waals surface area contributed by atoms with Gasteiger partial charge in [0, 0.05) is 16.4 Å². The van der Waals surface area contributed by atoms with Crippen LogP contribution < -0.4 is 15.9 Å². The summed E-state index contributed by atoms with van der Waals surface area (Å²) < 4.78 is 15.2. The summed E-state index contributed by atoms with van der Waals surface area (Å²) in [6.45, 7) is 5.16. The average Bonchev–Trinajstić information content (AvgIpc) is 2.67. The normalized spacial score (nSPS) is 17.6. The quantitative estimate of drug-likeness (QED) is 0.252. The molecule has 7 heteroatoms. The second kappa shape index (κ2) is 10.7. The van der Waals surface area contributed by atoms with Crippen molar-refractivity contribution in [2.45, 2.75) is 39.8 Å². The van der Waals surface area contributed by atoms with E-state index in [9.17, 15) is 9.90 Å². The number of carbonyl (C=O) groups excluding carboxylic acids is 1. The van der Waals surface area contributed by atoms with Gasteiger partial charge >= 0.3 is 0 Å². The van der Waals surface area contributed by atoms with Crippen molar-refractivity contribution in [3.05, 3.63) is 70.2 Å². The first-order valence-electron chi connectivity index (χ1n) is 9.42. The summed E-state index contributed by atoms with van der Waals surface area (Å²) in [4.78, 5) is 12.7. The summed E-state index contributed by atoms with van der Waals surface area (Å²) in [6, 6.07) is 7.16. The monoisotopic (exact) mass is 436 g/mol. The third-order valence-corrected chi connectivity index (χ3v) is 5.31. The van der Waals surface area contributed by atoms with Gasteiger partial charge in [-0.05, 0) is 55.8 Å². The largest absolute Gasteiger partial charge is 0.373 e. The van der Waals surface area contributed by atoms with Crippen LogP contribution in [-0.2, 0) is 4.79 Å². The highest BCUT2D eigenvalue weighted by Crippen LogP contribution is 2.27. The molecule has 3 unspecified atom stereocenters. The third kappa shape index (κ3) is 6.53. The van der Waals surface area contributed by atoms with Crippen LogP contribution in [0.3, 0.4) is 0 Å². The van der Waals surface area contributed by atoms with Crippen LogP contribution in [0.15, 0.2) is 70.2 Å². The van der Waals surface area contributed by atoms with E-state index < -0.39 is 23.9 Å². The van der Waals surface area contributed by atoms with Gasteiger partial charge in [-0.1, -0.05) is 42.8 Å². The minimum absolute atomic E-state index is 0.127. The fraction of sp³-hybridized carbons (Fsp3) is 0.318. The first kappa shape index (κ1) is 23.3. The molecule has 0 aliphatic heterocycles. The minimum Gasteiger partial charge on any atom is -0.373 e. The average molecular weight is 437 g/mol. The molecule has 0 heterocycles. The summed E-state index contributed by atoms with van der Waals surface area (Å²) in [5.41, 5.74) is 2.15. The number of amides is 1. The fourth-order valence-electron chi connectivity index (χ4n) is 2.87. The molecule has 0 fully saturated rings. The van der Waals surface area contributed by atoms with Crippen molar-refractivity contribution < 1.29 is 14.3 Å². The number of nitrogens with one attached hydrogen (secondary N) is 2. The second-order valence-corrected chi connectivity index (χ2v) is 8.16. The van der Waals surface area contributed by atoms with Gasteiger partial charge in [-0.2, -0.15) is 0 Å². The molecule has 156 valence electrons. The van der Waals surface area contributed by atoms with Crippen molar-refractivity contribution >= 4 is 37.7 Å². The summed E-state index contributed by atoms with van der Waals surface area (Å²) in [7, 11) is 2.54. The van der Waals surface area contributed by atoms with Crippen molar-refractivity contribution in [2.24, 2.45) is 5.92 Å². The fourth-order valence-corrected chi connectivity index (χ4v) is 3.37. The number of rotatable bonds is 7. The van der Waals surface area contributed by atoms with Crippen molar-refractivity contribution in [1.82, 2.24) is 5.32 Å². The van der Waals surface area contributed by atoms with E-state index >= 15 is 4.39 Å². The van der Waals surface area contributed by atoms with Gasteiger partial charge in [0.2, 0.25) is 0 Å². The van der Waals surface area contributed by atoms with Gasteiger partial charge in [0.15, 0.2) is 0 Å². The van der Waals surface area contributed by atoms with Crippen LogP contribution in [0.5, 0.6) is 0 Å². The Balaban J connectivity index is 2.21. The molecule has 3 N–H and O–H groups in total. The van der Waals surface area contributed by atoms with E-state index in [0.29, 0.717) is 16.4 Å². The molecule has 1 aliphatic rings. The highest BCUT2D eigenvalue weighted by molar-refractivity contribution is 7.27. The molecule has 29 heavy (non-hydrogen) atoms. The Morgan fingerprint density at radius 2 is 2.10 bits per heavy atom. The van der Waals surface area contributed by atoms with Crippen LogP contribution in [-0.4, -0.2) is 17.2 Å². The molecule has 0 aromatic heterocycles. The van der Waals surface area contributed by atoms with Gasteiger partial charge in [-0.3, -0.25) is 4.79 Å². The summed E-state index contributed by atoms with van der Waals surface area (Å²) in [5, 5.41) is 17.7. The van der Waals surface area contributed by atoms with Gasteiger partial charge in [0.05, 0.1) is 11.5 Å². The molecule has 0 spiro atoms. The third-order valence-electron chi connectivity index (χ3n) is 4.66. The second-order valence-electron chi connectivity index (χ2n) is 7.00. The predicted octanol–water partition coefficient (Wildman–Crippen LogP) is 4.66. The summed E-state index contributed by atoms with van der Waals surface area (Å²) in [6.07, 6.45) is 5.04. The number of aliphatic hydroxyl groups excluding tert-OH is 1. The topological polar surface area (TPSA) is 61.4 Å². The molecule has 1 aliphatic carbocycles. The van der Waals surface area contributed by atoms with E-state index in [-0.39, 0.29) is 5.57 Å². The Morgan fingerprint density at radius 3 is 2.76 bits per heavy atom. The van der Waals surface area contributed by atoms with Gasteiger partial charge in [0.1, 0.15) is 12.1 Å². The Kier molecular flexibility index (Phi) is 8.63. The molecular formula is C22H27ClFN2O2P. The lowest BCUT2D eigenvalue weighted by Gasteiger charge is -2.24. The minimum atomic E-state index is -1.22. The van der Waals surface area contributed by atoms with E-state index in [2.05, 4.69) is 19.9 Å². The maximum atomic E-state index is 15.2. The zero-order valence-electron chi connectivity index (χ0n) is 16.8. The van der Waals surface area contributed by atoms with Gasteiger partial charge in [0.25, 0.3) is 5.91 Å². The van der Waals surface area contributed by atoms with E-state index in [1.807, 2.05) is 13.0 Å². The predicted molar refractivity (Wildman–Crippen MR) is 122 cm³/mol. The lowest BCUT2D eigenvalue weighted by atomic mass is 10.00. The molecular weight excluding hydrogens is 410 g/mol. The molecule has 4 nitrogen and oxygen atoms in total. The smallest absolute Gasteiger partial charge is 0.258 e. The van der Waals surface area contributed by atoms with Crippen LogP contribution in [0.25, 0.3) is 0 Å². The Bertz CT molecular complexity index is 893. The zero-order valence-corrected chi connectivity index (χ0v) is 18.7. The van der Waals surface area contributed by atoms with Crippen LogP contribution in [0.2, 0.25) is 0 Å². The van der Waals surface area contributed by atoms with Crippen LogP contribution in [0.1, 0.15) is 33.6 Å². The van der Waals surface area contributed by atoms with E-state index in [1.54, 1.807) is 37.3 Å². The number of hydrogen-bond donors (Lipinski definition) is 3. The summed E-state index contributed by atoms with van der Waals surface area (Å²) in [5.74, 6) is -2.23. The number of halogens is 2. The number of hydrogen-bond acceptors (Lipinski definition) is 3. The number of anilines is 1. The van der Waals surface area contributed by atoms with Gasteiger partial charge < -0.3 is 15.7 Å². The van der Waals surface area contributed by atoms with E-state index in [4.69, 9.17) is 11.6 Å². The molecule has 2 rings (SSSR count). The molecule has 0 saturated heterocycles. The summed E-state index contributed by atoms with van der Waals surface area (Å²) >= 11 is 6.08. The molecule has 0 bridgehead atoms. The van der Waals surface area contributed by atoms with E-state index in [1.165, 1.54) is 13.0 Å². The Hall–Kier alpha value is -1.94. The molecule has 1 amide bonds. The first-order chi connectivity index (χ1) is 13.7. The lowest BCUT2D eigenvalue weighted by Crippen LogP contribution is -2.35. The van der Waals surface area contributed by atoms with Crippen LogP contribution >= 0.6 is 20.8 Å². The molecule has 0 saturated carbocycles. The lowest BCUT2D eigenvalue weighted by molar-refractivity contribution is -0.112. The van der Waals surface area contributed by atoms with Crippen molar-refractivity contribution in [2.75, 3.05) is 5.32 Å². The first-order valence-corrected chi connectivity index (χ1v) is 10.4. The van der Waals surface area contributed by atoms with Gasteiger partial charge in [-0.15, -0.1) is 9.24 Å². The van der Waals surface area contributed by atoms with E-state index in [0.717, 1.165) is 23.7 Å². The highest BCUT2D eigenvalue weighted by atomic mass is 35.5. The van der Waals surface area contributed by atoms with Crippen molar-refractivity contribution in [3.63, 3.8) is 0 Å². The van der Waals surface area contributed by atoms with Crippen molar-refractivity contribution in [3.8, 4) is 0 Å². The standard InChI is InChI=1S/C22H27ClFN2O2P/c1-4-6-18(22(28)25-16-7-5-8-17(29)12-16)20(24)14(3)21(27)26-19-11-15(23)10-9-13(19)2/h4-8,11-12,14,21,26-27H,9-10,29H2,1-3H3,(H,25,28)/b6-4-,20-18-. The SMILES string of the molecule is C/C=C\C(C(=O)Nc1cccc(P)c1)=C(\F)C(C)C(O)NC1=C(C)CCC(Cl)=C1. The Morgan fingerprint density at radius 1 is 1.38 bits per heavy atom.